The number of carbonyl (C=O) groups is 2. The van der Waals surface area contributed by atoms with E-state index in [9.17, 15) is 14.0 Å². The molecule has 0 radical (unpaired) electrons. The highest BCUT2D eigenvalue weighted by molar-refractivity contribution is 7.80. The van der Waals surface area contributed by atoms with Crippen LogP contribution >= 0.6 is 12.2 Å². The molecule has 1 heterocycles. The highest BCUT2D eigenvalue weighted by atomic mass is 32.1. The summed E-state index contributed by atoms with van der Waals surface area (Å²) in [6.07, 6.45) is 0.169. The van der Waals surface area contributed by atoms with Gasteiger partial charge >= 0.3 is 0 Å². The van der Waals surface area contributed by atoms with E-state index >= 15 is 0 Å². The first-order chi connectivity index (χ1) is 13.0. The van der Waals surface area contributed by atoms with E-state index in [1.54, 1.807) is 36.4 Å². The minimum Gasteiger partial charge on any atom is -0.491 e. The van der Waals surface area contributed by atoms with Crippen molar-refractivity contribution in [3.05, 3.63) is 54.3 Å². The smallest absolute Gasteiger partial charge is 0.258 e. The zero-order valence-electron chi connectivity index (χ0n) is 14.2. The second-order valence-electron chi connectivity index (χ2n) is 5.65. The van der Waals surface area contributed by atoms with Gasteiger partial charge in [-0.15, -0.1) is 0 Å². The number of hydrazine groups is 1. The van der Waals surface area contributed by atoms with Crippen LogP contribution in [0.3, 0.4) is 0 Å². The molecule has 2 aromatic carbocycles. The molecule has 0 aromatic heterocycles. The summed E-state index contributed by atoms with van der Waals surface area (Å²) in [5, 5.41) is 2.65. The number of rotatable bonds is 3. The molecule has 9 heteroatoms. The maximum Gasteiger partial charge on any atom is 0.258 e. The van der Waals surface area contributed by atoms with E-state index in [1.807, 2.05) is 0 Å². The molecular weight excluding hydrogens is 371 g/mol. The molecule has 27 heavy (non-hydrogen) atoms. The summed E-state index contributed by atoms with van der Waals surface area (Å²) in [4.78, 5) is 25.9. The number of nitrogens with one attached hydrogen (secondary N) is 3. The van der Waals surface area contributed by atoms with Crippen LogP contribution in [0.5, 0.6) is 5.75 Å². The Bertz CT molecular complexity index is 877. The van der Waals surface area contributed by atoms with Crippen molar-refractivity contribution in [2.45, 2.75) is 6.42 Å². The third kappa shape index (κ3) is 4.70. The van der Waals surface area contributed by atoms with Crippen molar-refractivity contribution >= 4 is 40.5 Å². The fourth-order valence-electron chi connectivity index (χ4n) is 2.52. The molecule has 7 nitrogen and oxygen atoms in total. The van der Waals surface area contributed by atoms with Crippen LogP contribution in [0.15, 0.2) is 48.5 Å². The molecule has 0 unspecified atom stereocenters. The van der Waals surface area contributed by atoms with Crippen LogP contribution in [0.25, 0.3) is 0 Å². The van der Waals surface area contributed by atoms with Crippen molar-refractivity contribution in [2.75, 3.05) is 23.4 Å². The number of ether oxygens (including phenoxy) is 1. The number of benzene rings is 2. The monoisotopic (exact) mass is 388 g/mol. The molecular formula is C18H17FN4O3S. The van der Waals surface area contributed by atoms with Gasteiger partial charge in [0.1, 0.15) is 18.1 Å². The fourth-order valence-corrected chi connectivity index (χ4v) is 2.68. The maximum absolute atomic E-state index is 13.6. The van der Waals surface area contributed by atoms with E-state index in [0.717, 1.165) is 0 Å². The average molecular weight is 388 g/mol. The third-order valence-corrected chi connectivity index (χ3v) is 3.97. The Hall–Kier alpha value is -3.20. The Morgan fingerprint density at radius 1 is 1.15 bits per heavy atom. The Balaban J connectivity index is 1.58. The zero-order valence-corrected chi connectivity index (χ0v) is 15.0. The van der Waals surface area contributed by atoms with Crippen LogP contribution in [-0.4, -0.2) is 30.1 Å². The lowest BCUT2D eigenvalue weighted by atomic mass is 10.2. The maximum atomic E-state index is 13.6. The van der Waals surface area contributed by atoms with Crippen molar-refractivity contribution in [1.82, 2.24) is 10.9 Å². The summed E-state index contributed by atoms with van der Waals surface area (Å²) in [6.45, 7) is 0.0391. The highest BCUT2D eigenvalue weighted by Gasteiger charge is 2.25. The largest absolute Gasteiger partial charge is 0.491 e. The Morgan fingerprint density at radius 3 is 2.70 bits per heavy atom. The lowest BCUT2D eigenvalue weighted by molar-refractivity contribution is -0.124. The molecule has 0 atom stereocenters. The second kappa shape index (κ2) is 8.45. The van der Waals surface area contributed by atoms with Gasteiger partial charge in [-0.25, -0.2) is 4.39 Å². The lowest BCUT2D eigenvalue weighted by Crippen LogP contribution is -2.49. The zero-order chi connectivity index (χ0) is 19.2. The number of hydrogen-bond donors (Lipinski definition) is 3. The quantitative estimate of drug-likeness (QED) is 0.551. The summed E-state index contributed by atoms with van der Waals surface area (Å²) >= 11 is 5.02. The molecule has 140 valence electrons. The number of halogens is 1. The molecule has 0 saturated heterocycles. The van der Waals surface area contributed by atoms with Gasteiger partial charge in [0.05, 0.1) is 24.4 Å². The number of anilines is 2. The minimum absolute atomic E-state index is 0.0133. The molecule has 2 amide bonds. The summed E-state index contributed by atoms with van der Waals surface area (Å²) < 4.78 is 19.1. The predicted molar refractivity (Wildman–Crippen MR) is 103 cm³/mol. The molecule has 1 aliphatic rings. The fraction of sp³-hybridized carbons (Fsp3) is 0.167. The second-order valence-corrected chi connectivity index (χ2v) is 6.06. The van der Waals surface area contributed by atoms with E-state index in [-0.39, 0.29) is 36.3 Å². The Morgan fingerprint density at radius 2 is 1.89 bits per heavy atom. The van der Waals surface area contributed by atoms with Gasteiger partial charge < -0.3 is 10.1 Å². The van der Waals surface area contributed by atoms with Gasteiger partial charge in [-0.3, -0.25) is 25.3 Å². The van der Waals surface area contributed by atoms with Crippen molar-refractivity contribution in [3.63, 3.8) is 0 Å². The van der Waals surface area contributed by atoms with Crippen LogP contribution in [0, 0.1) is 5.82 Å². The molecule has 0 fully saturated rings. The van der Waals surface area contributed by atoms with Gasteiger partial charge in [-0.1, -0.05) is 24.3 Å². The van der Waals surface area contributed by atoms with Crippen molar-refractivity contribution in [3.8, 4) is 5.75 Å². The first-order valence-corrected chi connectivity index (χ1v) is 8.58. The number of para-hydroxylation sites is 3. The van der Waals surface area contributed by atoms with Gasteiger partial charge in [-0.2, -0.15) is 0 Å². The van der Waals surface area contributed by atoms with Crippen LogP contribution in [0.4, 0.5) is 15.8 Å². The molecule has 0 spiro atoms. The van der Waals surface area contributed by atoms with Gasteiger partial charge in [0.25, 0.3) is 5.91 Å². The Kier molecular flexibility index (Phi) is 5.82. The number of amides is 2. The molecule has 0 saturated carbocycles. The van der Waals surface area contributed by atoms with Crippen LogP contribution in [0.1, 0.15) is 6.42 Å². The molecule has 3 rings (SSSR count). The third-order valence-electron chi connectivity index (χ3n) is 3.77. The van der Waals surface area contributed by atoms with Gasteiger partial charge in [-0.05, 0) is 36.5 Å². The van der Waals surface area contributed by atoms with Crippen molar-refractivity contribution in [1.29, 1.82) is 0 Å². The van der Waals surface area contributed by atoms with E-state index in [2.05, 4.69) is 16.2 Å². The Labute approximate surface area is 160 Å². The summed E-state index contributed by atoms with van der Waals surface area (Å²) in [5.41, 5.74) is 5.59. The number of fused-ring (bicyclic) bond motifs is 1. The van der Waals surface area contributed by atoms with Gasteiger partial charge in [0.15, 0.2) is 5.11 Å². The van der Waals surface area contributed by atoms with Gasteiger partial charge in [0.2, 0.25) is 5.91 Å². The number of carbonyl (C=O) groups excluding carboxylic acids is 2. The molecule has 0 bridgehead atoms. The average Bonchev–Trinajstić information content (AvgIpc) is 2.81. The van der Waals surface area contributed by atoms with Crippen LogP contribution < -0.4 is 25.8 Å². The highest BCUT2D eigenvalue weighted by Crippen LogP contribution is 2.30. The van der Waals surface area contributed by atoms with Crippen LogP contribution in [-0.2, 0) is 9.59 Å². The SMILES string of the molecule is O=C(CN1C(=O)CCOc2ccccc21)NNC(=S)Nc1ccccc1F. The first kappa shape index (κ1) is 18.6. The summed E-state index contributed by atoms with van der Waals surface area (Å²) in [6, 6.07) is 13.0. The molecule has 0 aliphatic carbocycles. The number of nitrogens with zero attached hydrogens (tertiary/aromatic N) is 1. The molecule has 2 aromatic rings. The summed E-state index contributed by atoms with van der Waals surface area (Å²) in [5.74, 6) is -0.638. The number of hydrogen-bond acceptors (Lipinski definition) is 4. The van der Waals surface area contributed by atoms with E-state index in [1.165, 1.54) is 17.0 Å². The molecule has 1 aliphatic heterocycles. The van der Waals surface area contributed by atoms with E-state index in [4.69, 9.17) is 17.0 Å². The van der Waals surface area contributed by atoms with E-state index < -0.39 is 11.7 Å². The topological polar surface area (TPSA) is 82.7 Å². The van der Waals surface area contributed by atoms with Crippen molar-refractivity contribution in [2.24, 2.45) is 0 Å². The van der Waals surface area contributed by atoms with Crippen molar-refractivity contribution < 1.29 is 18.7 Å². The summed E-state index contributed by atoms with van der Waals surface area (Å²) in [7, 11) is 0. The first-order valence-electron chi connectivity index (χ1n) is 8.17. The van der Waals surface area contributed by atoms with Crippen LogP contribution in [0.2, 0.25) is 0 Å². The normalized spacial score (nSPS) is 13.1. The number of thiocarbonyl (C=S) groups is 1. The van der Waals surface area contributed by atoms with E-state index in [0.29, 0.717) is 11.4 Å². The lowest BCUT2D eigenvalue weighted by Gasteiger charge is -2.21. The minimum atomic E-state index is -0.488. The molecule has 3 N–H and O–H groups in total. The predicted octanol–water partition coefficient (Wildman–Crippen LogP) is 1.96. The standard InChI is InChI=1S/C18H17FN4O3S/c19-12-5-1-2-6-13(12)20-18(27)22-21-16(24)11-23-14-7-3-4-8-15(14)26-10-9-17(23)25/h1-8H,9-11H2,(H,21,24)(H2,20,22,27). The van der Waals surface area contributed by atoms with Gasteiger partial charge in [0, 0.05) is 0 Å².